The molecule has 1 N–H and O–H groups in total. The highest BCUT2D eigenvalue weighted by Gasteiger charge is 2.21. The second-order valence-corrected chi connectivity index (χ2v) is 5.34. The first-order chi connectivity index (χ1) is 8.40. The molecule has 1 heterocycles. The highest BCUT2D eigenvalue weighted by atomic mass is 16.5. The normalized spacial score (nSPS) is 13.2. The number of ether oxygens (including phenoxy) is 2. The molecule has 0 saturated carbocycles. The molecule has 5 heteroatoms. The van der Waals surface area contributed by atoms with Crippen molar-refractivity contribution >= 4 is 0 Å². The summed E-state index contributed by atoms with van der Waals surface area (Å²) in [6.45, 7) is 9.36. The third kappa shape index (κ3) is 3.57. The number of aromatic nitrogens is 2. The Bertz CT molecular complexity index is 366. The summed E-state index contributed by atoms with van der Waals surface area (Å²) in [4.78, 5) is 8.19. The Balaban J connectivity index is 2.83. The van der Waals surface area contributed by atoms with Gasteiger partial charge in [-0.15, -0.1) is 0 Å². The summed E-state index contributed by atoms with van der Waals surface area (Å²) >= 11 is 0. The lowest BCUT2D eigenvalue weighted by molar-refractivity contribution is 0.280. The minimum Gasteiger partial charge on any atom is -0.481 e. The molecule has 0 fully saturated rings. The van der Waals surface area contributed by atoms with Gasteiger partial charge in [-0.1, -0.05) is 20.8 Å². The van der Waals surface area contributed by atoms with Gasteiger partial charge in [-0.2, -0.15) is 0 Å². The Morgan fingerprint density at radius 2 is 1.67 bits per heavy atom. The number of nitrogens with one attached hydrogen (secondary N) is 1. The lowest BCUT2D eigenvalue weighted by atomic mass is 9.88. The van der Waals surface area contributed by atoms with Crippen LogP contribution in [-0.2, 0) is 6.54 Å². The largest absolute Gasteiger partial charge is 0.481 e. The van der Waals surface area contributed by atoms with E-state index in [0.717, 1.165) is 5.56 Å². The molecule has 0 spiro atoms. The van der Waals surface area contributed by atoms with Crippen LogP contribution in [0.3, 0.4) is 0 Å². The fourth-order valence-electron chi connectivity index (χ4n) is 1.45. The molecule has 1 aromatic rings. The molecule has 0 aliphatic heterocycles. The standard InChI is InChI=1S/C13H23N3O2/c1-9(13(2,3)4)14-7-10-11(17-5)15-8-16-12(10)18-6/h8-9,14H,7H2,1-6H3. The molecule has 1 unspecified atom stereocenters. The van der Waals surface area contributed by atoms with Crippen LogP contribution < -0.4 is 14.8 Å². The molecule has 0 aromatic carbocycles. The van der Waals surface area contributed by atoms with E-state index in [0.29, 0.717) is 24.3 Å². The number of nitrogens with zero attached hydrogens (tertiary/aromatic N) is 2. The van der Waals surface area contributed by atoms with Gasteiger partial charge in [0.05, 0.1) is 19.8 Å². The molecule has 0 radical (unpaired) electrons. The van der Waals surface area contributed by atoms with Crippen molar-refractivity contribution in [2.45, 2.75) is 40.3 Å². The van der Waals surface area contributed by atoms with E-state index in [-0.39, 0.29) is 5.41 Å². The van der Waals surface area contributed by atoms with Crippen molar-refractivity contribution in [1.82, 2.24) is 15.3 Å². The van der Waals surface area contributed by atoms with Crippen LogP contribution in [-0.4, -0.2) is 30.2 Å². The van der Waals surface area contributed by atoms with E-state index in [2.05, 4.69) is 43.0 Å². The number of hydrogen-bond acceptors (Lipinski definition) is 5. The molecule has 18 heavy (non-hydrogen) atoms. The molecular formula is C13H23N3O2. The molecule has 0 aliphatic carbocycles. The first kappa shape index (κ1) is 14.7. The van der Waals surface area contributed by atoms with Gasteiger partial charge >= 0.3 is 0 Å². The van der Waals surface area contributed by atoms with Crippen molar-refractivity contribution in [2.24, 2.45) is 5.41 Å². The Kier molecular flexibility index (Phi) is 4.90. The smallest absolute Gasteiger partial charge is 0.224 e. The molecular weight excluding hydrogens is 230 g/mol. The first-order valence-corrected chi connectivity index (χ1v) is 6.05. The average molecular weight is 253 g/mol. The summed E-state index contributed by atoms with van der Waals surface area (Å²) in [6, 6.07) is 0.354. The van der Waals surface area contributed by atoms with Crippen LogP contribution in [0.5, 0.6) is 11.8 Å². The van der Waals surface area contributed by atoms with Gasteiger partial charge in [0.2, 0.25) is 11.8 Å². The number of methoxy groups -OCH3 is 2. The van der Waals surface area contributed by atoms with Crippen molar-refractivity contribution < 1.29 is 9.47 Å². The molecule has 0 bridgehead atoms. The Morgan fingerprint density at radius 1 is 1.17 bits per heavy atom. The van der Waals surface area contributed by atoms with E-state index >= 15 is 0 Å². The van der Waals surface area contributed by atoms with Crippen molar-refractivity contribution in [3.05, 3.63) is 11.9 Å². The van der Waals surface area contributed by atoms with Gasteiger partial charge in [0.15, 0.2) is 0 Å². The van der Waals surface area contributed by atoms with Gasteiger partial charge in [-0.3, -0.25) is 0 Å². The second-order valence-electron chi connectivity index (χ2n) is 5.34. The van der Waals surface area contributed by atoms with E-state index in [1.54, 1.807) is 14.2 Å². The third-order valence-electron chi connectivity index (χ3n) is 3.14. The molecule has 1 atom stereocenters. The van der Waals surface area contributed by atoms with E-state index in [4.69, 9.17) is 9.47 Å². The van der Waals surface area contributed by atoms with Crippen molar-refractivity contribution in [3.63, 3.8) is 0 Å². The Hall–Kier alpha value is -1.36. The molecule has 5 nitrogen and oxygen atoms in total. The van der Waals surface area contributed by atoms with Crippen molar-refractivity contribution in [1.29, 1.82) is 0 Å². The van der Waals surface area contributed by atoms with E-state index in [1.165, 1.54) is 6.33 Å². The van der Waals surface area contributed by atoms with Crippen LogP contribution in [0.1, 0.15) is 33.3 Å². The fourth-order valence-corrected chi connectivity index (χ4v) is 1.45. The van der Waals surface area contributed by atoms with Crippen molar-refractivity contribution in [2.75, 3.05) is 14.2 Å². The van der Waals surface area contributed by atoms with Crippen LogP contribution in [0, 0.1) is 5.41 Å². The SMILES string of the molecule is COc1ncnc(OC)c1CNC(C)C(C)(C)C. The summed E-state index contributed by atoms with van der Waals surface area (Å²) < 4.78 is 10.5. The molecule has 0 aliphatic rings. The molecule has 102 valence electrons. The summed E-state index contributed by atoms with van der Waals surface area (Å²) in [5.41, 5.74) is 1.04. The molecule has 0 amide bonds. The summed E-state index contributed by atoms with van der Waals surface area (Å²) in [6.07, 6.45) is 1.44. The average Bonchev–Trinajstić information content (AvgIpc) is 2.34. The van der Waals surface area contributed by atoms with E-state index in [1.807, 2.05) is 0 Å². The van der Waals surface area contributed by atoms with Gasteiger partial charge in [0.25, 0.3) is 0 Å². The molecule has 1 rings (SSSR count). The zero-order valence-electron chi connectivity index (χ0n) is 12.1. The van der Waals surface area contributed by atoms with Crippen molar-refractivity contribution in [3.8, 4) is 11.8 Å². The van der Waals surface area contributed by atoms with Crippen LogP contribution >= 0.6 is 0 Å². The number of rotatable bonds is 5. The first-order valence-electron chi connectivity index (χ1n) is 6.05. The lowest BCUT2D eigenvalue weighted by Gasteiger charge is -2.28. The zero-order valence-corrected chi connectivity index (χ0v) is 12.1. The van der Waals surface area contributed by atoms with Gasteiger partial charge in [-0.05, 0) is 12.3 Å². The Labute approximate surface area is 109 Å². The lowest BCUT2D eigenvalue weighted by Crippen LogP contribution is -2.37. The minimum atomic E-state index is 0.191. The summed E-state index contributed by atoms with van der Waals surface area (Å²) in [7, 11) is 3.19. The Morgan fingerprint density at radius 3 is 2.06 bits per heavy atom. The third-order valence-corrected chi connectivity index (χ3v) is 3.14. The van der Waals surface area contributed by atoms with Gasteiger partial charge in [0, 0.05) is 12.6 Å². The van der Waals surface area contributed by atoms with E-state index < -0.39 is 0 Å². The van der Waals surface area contributed by atoms with E-state index in [9.17, 15) is 0 Å². The maximum atomic E-state index is 5.23. The topological polar surface area (TPSA) is 56.3 Å². The molecule has 1 aromatic heterocycles. The second kappa shape index (κ2) is 6.00. The minimum absolute atomic E-state index is 0.191. The summed E-state index contributed by atoms with van der Waals surface area (Å²) in [5, 5.41) is 3.45. The quantitative estimate of drug-likeness (QED) is 0.870. The van der Waals surface area contributed by atoms with Crippen LogP contribution in [0.4, 0.5) is 0 Å². The molecule has 0 saturated heterocycles. The van der Waals surface area contributed by atoms with Crippen LogP contribution in [0.2, 0.25) is 0 Å². The predicted octanol–water partition coefficient (Wildman–Crippen LogP) is 2.02. The van der Waals surface area contributed by atoms with Gasteiger partial charge in [0.1, 0.15) is 6.33 Å². The fraction of sp³-hybridized carbons (Fsp3) is 0.692. The maximum absolute atomic E-state index is 5.23. The van der Waals surface area contributed by atoms with Gasteiger partial charge < -0.3 is 14.8 Å². The van der Waals surface area contributed by atoms with Crippen LogP contribution in [0.15, 0.2) is 6.33 Å². The highest BCUT2D eigenvalue weighted by molar-refractivity contribution is 5.34. The monoisotopic (exact) mass is 253 g/mol. The van der Waals surface area contributed by atoms with Crippen LogP contribution in [0.25, 0.3) is 0 Å². The maximum Gasteiger partial charge on any atom is 0.224 e. The summed E-state index contributed by atoms with van der Waals surface area (Å²) in [5.74, 6) is 1.10. The zero-order chi connectivity index (χ0) is 13.8. The highest BCUT2D eigenvalue weighted by Crippen LogP contribution is 2.25. The predicted molar refractivity (Wildman–Crippen MR) is 70.9 cm³/mol. The number of hydrogen-bond donors (Lipinski definition) is 1. The van der Waals surface area contributed by atoms with Gasteiger partial charge in [-0.25, -0.2) is 9.97 Å².